The molecule has 0 unspecified atom stereocenters. The first kappa shape index (κ1) is 13.3. The highest BCUT2D eigenvalue weighted by molar-refractivity contribution is 6.31. The zero-order valence-electron chi connectivity index (χ0n) is 10.8. The van der Waals surface area contributed by atoms with E-state index in [1.54, 1.807) is 6.07 Å². The number of hydrogen-bond donors (Lipinski definition) is 2. The molecule has 20 heavy (non-hydrogen) atoms. The first-order valence-electron chi connectivity index (χ1n) is 6.63. The van der Waals surface area contributed by atoms with Crippen molar-refractivity contribution in [3.8, 4) is 5.75 Å². The van der Waals surface area contributed by atoms with E-state index >= 15 is 0 Å². The van der Waals surface area contributed by atoms with Crippen LogP contribution >= 0.6 is 11.6 Å². The molecule has 1 aliphatic rings. The third-order valence-corrected chi connectivity index (χ3v) is 4.15. The Bertz CT molecular complexity index is 626. The Kier molecular flexibility index (Phi) is 3.53. The lowest BCUT2D eigenvalue weighted by Crippen LogP contribution is -2.34. The minimum Gasteiger partial charge on any atom is -0.505 e. The highest BCUT2D eigenvalue weighted by Crippen LogP contribution is 2.41. The highest BCUT2D eigenvalue weighted by atomic mass is 35.5. The molecule has 2 aromatic rings. The summed E-state index contributed by atoms with van der Waals surface area (Å²) >= 11 is 6.18. The molecule has 2 nitrogen and oxygen atoms in total. The van der Waals surface area contributed by atoms with Crippen LogP contribution in [0.1, 0.15) is 24.3 Å². The number of aromatic hydroxyl groups is 1. The van der Waals surface area contributed by atoms with Crippen LogP contribution < -0.4 is 5.32 Å². The predicted molar refractivity (Wildman–Crippen MR) is 78.9 cm³/mol. The molecule has 0 bridgehead atoms. The molecule has 2 aromatic carbocycles. The quantitative estimate of drug-likeness (QED) is 0.814. The van der Waals surface area contributed by atoms with E-state index < -0.39 is 5.82 Å². The Balaban J connectivity index is 1.61. The van der Waals surface area contributed by atoms with Gasteiger partial charge in [-0.1, -0.05) is 29.8 Å². The van der Waals surface area contributed by atoms with Crippen LogP contribution in [0, 0.1) is 5.82 Å². The van der Waals surface area contributed by atoms with Gasteiger partial charge in [0, 0.05) is 22.8 Å². The fourth-order valence-corrected chi connectivity index (χ4v) is 2.92. The lowest BCUT2D eigenvalue weighted by Gasteiger charge is -2.37. The van der Waals surface area contributed by atoms with E-state index in [2.05, 4.69) is 11.4 Å². The van der Waals surface area contributed by atoms with Gasteiger partial charge in [-0.05, 0) is 42.5 Å². The van der Waals surface area contributed by atoms with Gasteiger partial charge in [0.05, 0.1) is 0 Å². The largest absolute Gasteiger partial charge is 0.505 e. The molecule has 0 radical (unpaired) electrons. The first-order chi connectivity index (χ1) is 9.63. The molecular weight excluding hydrogens is 277 g/mol. The molecule has 0 spiro atoms. The number of halogens is 2. The minimum atomic E-state index is -0.600. The molecule has 0 heterocycles. The highest BCUT2D eigenvalue weighted by Gasteiger charge is 2.31. The van der Waals surface area contributed by atoms with Crippen molar-refractivity contribution < 1.29 is 9.50 Å². The van der Waals surface area contributed by atoms with Crippen LogP contribution in [-0.4, -0.2) is 11.1 Å². The third-order valence-electron chi connectivity index (χ3n) is 3.80. The maximum absolute atomic E-state index is 13.2. The van der Waals surface area contributed by atoms with Crippen LogP contribution in [-0.2, 0) is 0 Å². The minimum absolute atomic E-state index is 0.320. The summed E-state index contributed by atoms with van der Waals surface area (Å²) in [7, 11) is 0. The van der Waals surface area contributed by atoms with Crippen LogP contribution in [0.4, 0.5) is 10.1 Å². The second-order valence-electron chi connectivity index (χ2n) is 5.20. The van der Waals surface area contributed by atoms with Crippen molar-refractivity contribution in [3.05, 3.63) is 58.9 Å². The average Bonchev–Trinajstić information content (AvgIpc) is 2.39. The van der Waals surface area contributed by atoms with Crippen molar-refractivity contribution in [2.45, 2.75) is 24.8 Å². The smallest absolute Gasteiger partial charge is 0.166 e. The Morgan fingerprint density at radius 2 is 1.90 bits per heavy atom. The normalized spacial score (nSPS) is 21.3. The summed E-state index contributed by atoms with van der Waals surface area (Å²) in [5.41, 5.74) is 1.88. The van der Waals surface area contributed by atoms with E-state index in [4.69, 9.17) is 16.7 Å². The van der Waals surface area contributed by atoms with Crippen molar-refractivity contribution in [2.75, 3.05) is 5.32 Å². The fourth-order valence-electron chi connectivity index (χ4n) is 2.63. The molecule has 0 saturated heterocycles. The van der Waals surface area contributed by atoms with Gasteiger partial charge in [-0.15, -0.1) is 0 Å². The Hall–Kier alpha value is -1.74. The summed E-state index contributed by atoms with van der Waals surface area (Å²) in [6.45, 7) is 0. The average molecular weight is 292 g/mol. The summed E-state index contributed by atoms with van der Waals surface area (Å²) in [6, 6.07) is 12.6. The van der Waals surface area contributed by atoms with Gasteiger partial charge in [-0.2, -0.15) is 0 Å². The summed E-state index contributed by atoms with van der Waals surface area (Å²) in [5.74, 6) is -0.460. The van der Waals surface area contributed by atoms with E-state index in [-0.39, 0.29) is 5.75 Å². The van der Waals surface area contributed by atoms with Crippen LogP contribution in [0.2, 0.25) is 5.02 Å². The van der Waals surface area contributed by atoms with Gasteiger partial charge in [0.2, 0.25) is 0 Å². The zero-order valence-corrected chi connectivity index (χ0v) is 11.6. The Labute approximate surface area is 122 Å². The molecule has 3 rings (SSSR count). The van der Waals surface area contributed by atoms with E-state index in [1.165, 1.54) is 17.7 Å². The van der Waals surface area contributed by atoms with Gasteiger partial charge >= 0.3 is 0 Å². The van der Waals surface area contributed by atoms with Gasteiger partial charge in [-0.25, -0.2) is 4.39 Å². The number of phenols is 1. The molecule has 1 saturated carbocycles. The van der Waals surface area contributed by atoms with Crippen molar-refractivity contribution in [1.82, 2.24) is 0 Å². The molecule has 104 valence electrons. The Morgan fingerprint density at radius 3 is 2.60 bits per heavy atom. The van der Waals surface area contributed by atoms with Gasteiger partial charge < -0.3 is 10.4 Å². The summed E-state index contributed by atoms with van der Waals surface area (Å²) in [4.78, 5) is 0. The van der Waals surface area contributed by atoms with E-state index in [0.717, 1.165) is 17.9 Å². The molecule has 1 aliphatic carbocycles. The lowest BCUT2D eigenvalue weighted by atomic mass is 9.76. The fraction of sp³-hybridized carbons (Fsp3) is 0.250. The SMILES string of the molecule is Oc1ccc(NC2CC(c3ccccc3Cl)C2)cc1F. The molecular formula is C16H15ClFNO. The second-order valence-corrected chi connectivity index (χ2v) is 5.60. The van der Waals surface area contributed by atoms with Crippen LogP contribution in [0.25, 0.3) is 0 Å². The number of benzene rings is 2. The molecule has 0 aliphatic heterocycles. The lowest BCUT2D eigenvalue weighted by molar-refractivity contribution is 0.374. The monoisotopic (exact) mass is 291 g/mol. The molecule has 0 atom stereocenters. The number of rotatable bonds is 3. The van der Waals surface area contributed by atoms with Crippen molar-refractivity contribution >= 4 is 17.3 Å². The zero-order chi connectivity index (χ0) is 14.1. The van der Waals surface area contributed by atoms with Crippen LogP contribution in [0.5, 0.6) is 5.75 Å². The van der Waals surface area contributed by atoms with Gasteiger partial charge in [-0.3, -0.25) is 0 Å². The van der Waals surface area contributed by atoms with Crippen molar-refractivity contribution in [1.29, 1.82) is 0 Å². The van der Waals surface area contributed by atoms with Crippen molar-refractivity contribution in [3.63, 3.8) is 0 Å². The van der Waals surface area contributed by atoms with Crippen LogP contribution in [0.15, 0.2) is 42.5 Å². The summed E-state index contributed by atoms with van der Waals surface area (Å²) < 4.78 is 13.2. The molecule has 4 heteroatoms. The molecule has 2 N–H and O–H groups in total. The topological polar surface area (TPSA) is 32.3 Å². The number of nitrogens with one attached hydrogen (secondary N) is 1. The maximum Gasteiger partial charge on any atom is 0.166 e. The number of anilines is 1. The van der Waals surface area contributed by atoms with E-state index in [1.807, 2.05) is 18.2 Å². The third kappa shape index (κ3) is 2.59. The predicted octanol–water partition coefficient (Wildman–Crippen LogP) is 4.54. The molecule has 0 aromatic heterocycles. The Morgan fingerprint density at radius 1 is 1.15 bits per heavy atom. The first-order valence-corrected chi connectivity index (χ1v) is 7.01. The molecule has 1 fully saturated rings. The van der Waals surface area contributed by atoms with E-state index in [9.17, 15) is 4.39 Å². The van der Waals surface area contributed by atoms with Gasteiger partial charge in [0.15, 0.2) is 11.6 Å². The van der Waals surface area contributed by atoms with Crippen LogP contribution in [0.3, 0.4) is 0 Å². The summed E-state index contributed by atoms with van der Waals surface area (Å²) in [5, 5.41) is 13.2. The van der Waals surface area contributed by atoms with Gasteiger partial charge in [0.25, 0.3) is 0 Å². The second kappa shape index (κ2) is 5.33. The summed E-state index contributed by atoms with van der Waals surface area (Å²) in [6.07, 6.45) is 1.96. The standard InChI is InChI=1S/C16H15ClFNO/c17-14-4-2-1-3-13(14)10-7-12(8-10)19-11-5-6-16(20)15(18)9-11/h1-6,9-10,12,19-20H,7-8H2. The maximum atomic E-state index is 13.2. The van der Waals surface area contributed by atoms with Crippen molar-refractivity contribution in [2.24, 2.45) is 0 Å². The van der Waals surface area contributed by atoms with E-state index in [0.29, 0.717) is 17.6 Å². The number of hydrogen-bond acceptors (Lipinski definition) is 2. The van der Waals surface area contributed by atoms with Gasteiger partial charge in [0.1, 0.15) is 0 Å². The number of phenolic OH excluding ortho intramolecular Hbond substituents is 1. The molecule has 0 amide bonds.